The first-order valence-electron chi connectivity index (χ1n) is 11.1. The van der Waals surface area contributed by atoms with Gasteiger partial charge in [0.25, 0.3) is 5.56 Å². The number of anilines is 2. The molecule has 1 saturated heterocycles. The van der Waals surface area contributed by atoms with E-state index in [0.29, 0.717) is 42.5 Å². The molecule has 1 aromatic carbocycles. The number of nitrogens with zero attached hydrogens (tertiary/aromatic N) is 9. The van der Waals surface area contributed by atoms with Crippen molar-refractivity contribution in [2.45, 2.75) is 6.04 Å². The molecule has 178 valence electrons. The Kier molecular flexibility index (Phi) is 4.83. The van der Waals surface area contributed by atoms with E-state index in [9.17, 15) is 13.6 Å². The van der Waals surface area contributed by atoms with Gasteiger partial charge in [0.1, 0.15) is 11.5 Å². The number of rotatable bonds is 5. The third kappa shape index (κ3) is 3.44. The van der Waals surface area contributed by atoms with E-state index < -0.39 is 11.6 Å². The summed E-state index contributed by atoms with van der Waals surface area (Å²) in [5, 5.41) is 11.9. The van der Waals surface area contributed by atoms with Crippen molar-refractivity contribution in [3.63, 3.8) is 0 Å². The van der Waals surface area contributed by atoms with E-state index in [2.05, 4.69) is 25.5 Å². The Morgan fingerprint density at radius 1 is 1.09 bits per heavy atom. The van der Waals surface area contributed by atoms with Crippen LogP contribution in [0.25, 0.3) is 16.9 Å². The summed E-state index contributed by atoms with van der Waals surface area (Å²) in [5.74, 6) is 0.608. The number of halogens is 2. The van der Waals surface area contributed by atoms with Crippen molar-refractivity contribution in [3.8, 4) is 16.9 Å². The van der Waals surface area contributed by atoms with Crippen LogP contribution in [-0.2, 0) is 7.05 Å². The van der Waals surface area contributed by atoms with E-state index in [-0.39, 0.29) is 22.9 Å². The molecule has 2 aliphatic rings. The first kappa shape index (κ1) is 21.3. The molecule has 0 spiro atoms. The van der Waals surface area contributed by atoms with Crippen LogP contribution in [0.2, 0.25) is 0 Å². The average molecular weight is 477 g/mol. The summed E-state index contributed by atoms with van der Waals surface area (Å²) in [7, 11) is 3.55. The molecule has 0 amide bonds. The molecule has 0 bridgehead atoms. The highest BCUT2D eigenvalue weighted by Gasteiger charge is 2.59. The molecule has 1 aliphatic carbocycles. The Balaban J connectivity index is 1.23. The maximum atomic E-state index is 14.3. The molecule has 3 atom stereocenters. The van der Waals surface area contributed by atoms with Crippen LogP contribution < -0.4 is 15.4 Å². The fourth-order valence-corrected chi connectivity index (χ4v) is 5.09. The fraction of sp³-hybridized carbons (Fsp3) is 0.304. The van der Waals surface area contributed by atoms with E-state index >= 15 is 0 Å². The van der Waals surface area contributed by atoms with Crippen LogP contribution in [0.1, 0.15) is 0 Å². The minimum Gasteiger partial charge on any atom is -0.342 e. The zero-order valence-electron chi connectivity index (χ0n) is 19.0. The number of fused-ring (bicyclic) bond motifs is 1. The van der Waals surface area contributed by atoms with Crippen molar-refractivity contribution < 1.29 is 8.78 Å². The van der Waals surface area contributed by atoms with Crippen molar-refractivity contribution in [2.24, 2.45) is 18.9 Å². The molecule has 35 heavy (non-hydrogen) atoms. The smallest absolute Gasteiger partial charge is 0.255 e. The van der Waals surface area contributed by atoms with Crippen LogP contribution in [0.3, 0.4) is 0 Å². The second-order valence-corrected chi connectivity index (χ2v) is 8.87. The maximum Gasteiger partial charge on any atom is 0.255 e. The van der Waals surface area contributed by atoms with Crippen molar-refractivity contribution in [3.05, 3.63) is 70.8 Å². The zero-order chi connectivity index (χ0) is 24.3. The molecule has 1 aliphatic heterocycles. The summed E-state index contributed by atoms with van der Waals surface area (Å²) in [6.45, 7) is 1.36. The lowest BCUT2D eigenvalue weighted by molar-refractivity contribution is 0.603. The van der Waals surface area contributed by atoms with Crippen molar-refractivity contribution >= 4 is 11.9 Å². The van der Waals surface area contributed by atoms with Crippen molar-refractivity contribution in [1.29, 1.82) is 0 Å². The Morgan fingerprint density at radius 2 is 1.86 bits per heavy atom. The van der Waals surface area contributed by atoms with Crippen LogP contribution in [0.5, 0.6) is 0 Å². The largest absolute Gasteiger partial charge is 0.342 e. The van der Waals surface area contributed by atoms with Crippen LogP contribution >= 0.6 is 0 Å². The van der Waals surface area contributed by atoms with Gasteiger partial charge in [0.05, 0.1) is 11.9 Å². The van der Waals surface area contributed by atoms with Gasteiger partial charge in [-0.25, -0.2) is 13.8 Å². The van der Waals surface area contributed by atoms with Gasteiger partial charge in [-0.1, -0.05) is 17.2 Å². The molecule has 6 rings (SSSR count). The van der Waals surface area contributed by atoms with E-state index in [0.717, 1.165) is 6.20 Å². The van der Waals surface area contributed by atoms with Crippen LogP contribution in [-0.4, -0.2) is 60.9 Å². The topological polar surface area (TPSA) is 97.9 Å². The SMILES string of the molecule is CN(c1nc(-c2ccncc2F)cc(=O)n1C)[C@H]1[C@@H]2CN(c3nnnn3-c3ccccc3F)C[C@@H]21. The summed E-state index contributed by atoms with van der Waals surface area (Å²) in [6.07, 6.45) is 2.57. The lowest BCUT2D eigenvalue weighted by Crippen LogP contribution is -2.37. The first-order valence-corrected chi connectivity index (χ1v) is 11.1. The van der Waals surface area contributed by atoms with E-state index in [1.165, 1.54) is 33.6 Å². The molecule has 1 saturated carbocycles. The molecule has 0 radical (unpaired) electrons. The number of tetrazole rings is 1. The fourth-order valence-electron chi connectivity index (χ4n) is 5.09. The predicted octanol–water partition coefficient (Wildman–Crippen LogP) is 1.67. The first-order chi connectivity index (χ1) is 16.9. The zero-order valence-corrected chi connectivity index (χ0v) is 19.0. The minimum absolute atomic E-state index is 0.152. The molecule has 2 fully saturated rings. The molecule has 0 N–H and O–H groups in total. The summed E-state index contributed by atoms with van der Waals surface area (Å²) in [5.41, 5.74) is 0.520. The van der Waals surface area contributed by atoms with Crippen molar-refractivity contribution in [1.82, 2.24) is 34.7 Å². The predicted molar refractivity (Wildman–Crippen MR) is 123 cm³/mol. The number of hydrogen-bond acceptors (Lipinski definition) is 8. The number of aromatic nitrogens is 7. The second-order valence-electron chi connectivity index (χ2n) is 8.87. The lowest BCUT2D eigenvalue weighted by atomic mass is 10.2. The van der Waals surface area contributed by atoms with Gasteiger partial charge in [-0.2, -0.15) is 4.68 Å². The molecule has 4 heterocycles. The third-order valence-corrected chi connectivity index (χ3v) is 6.89. The van der Waals surface area contributed by atoms with E-state index in [1.54, 1.807) is 25.2 Å². The normalized spacial score (nSPS) is 20.7. The Hall–Kier alpha value is -4.22. The van der Waals surface area contributed by atoms with E-state index in [4.69, 9.17) is 0 Å². The molecular formula is C23H21F2N9O. The number of piperidine rings is 1. The highest BCUT2D eigenvalue weighted by atomic mass is 19.1. The quantitative estimate of drug-likeness (QED) is 0.428. The molecule has 4 aromatic rings. The summed E-state index contributed by atoms with van der Waals surface area (Å²) >= 11 is 0. The van der Waals surface area contributed by atoms with Gasteiger partial charge in [-0.15, -0.1) is 0 Å². The van der Waals surface area contributed by atoms with E-state index in [1.807, 2.05) is 16.8 Å². The average Bonchev–Trinajstić information content (AvgIpc) is 3.17. The standard InChI is InChI=1S/C23H21F2N9O/c1-31-20(35)9-18(13-7-8-26-10-17(13)25)27-22(31)32(2)21-14-11-33(12-15(14)21)23-28-29-30-34(23)19-6-4-3-5-16(19)24/h3-10,14-15,21H,11-12H2,1-2H3/t14-,15+,21+. The molecule has 10 nitrogen and oxygen atoms in total. The highest BCUT2D eigenvalue weighted by molar-refractivity contribution is 5.60. The number of benzene rings is 1. The lowest BCUT2D eigenvalue weighted by Gasteiger charge is -2.26. The maximum absolute atomic E-state index is 14.3. The minimum atomic E-state index is -0.534. The van der Waals surface area contributed by atoms with Crippen LogP contribution in [0.15, 0.2) is 53.6 Å². The molecule has 0 unspecified atom stereocenters. The van der Waals surface area contributed by atoms with Gasteiger partial charge in [0, 0.05) is 62.9 Å². The van der Waals surface area contributed by atoms with Gasteiger partial charge in [0.15, 0.2) is 5.82 Å². The van der Waals surface area contributed by atoms with Crippen LogP contribution in [0.4, 0.5) is 20.7 Å². The summed E-state index contributed by atoms with van der Waals surface area (Å²) < 4.78 is 31.5. The van der Waals surface area contributed by atoms with Gasteiger partial charge in [-0.3, -0.25) is 14.3 Å². The van der Waals surface area contributed by atoms with Gasteiger partial charge < -0.3 is 9.80 Å². The molecule has 12 heteroatoms. The monoisotopic (exact) mass is 477 g/mol. The number of pyridine rings is 1. The van der Waals surface area contributed by atoms with Crippen LogP contribution in [0, 0.1) is 23.5 Å². The van der Waals surface area contributed by atoms with Crippen molar-refractivity contribution in [2.75, 3.05) is 29.9 Å². The van der Waals surface area contributed by atoms with Gasteiger partial charge in [-0.05, 0) is 28.6 Å². The summed E-state index contributed by atoms with van der Waals surface area (Å²) in [6, 6.07) is 9.34. The Bertz CT molecular complexity index is 1470. The second kappa shape index (κ2) is 7.93. The highest BCUT2D eigenvalue weighted by Crippen LogP contribution is 2.50. The Morgan fingerprint density at radius 3 is 2.60 bits per heavy atom. The molecular weight excluding hydrogens is 456 g/mol. The molecule has 3 aromatic heterocycles. The number of hydrogen-bond donors (Lipinski definition) is 0. The van der Waals surface area contributed by atoms with Gasteiger partial charge in [0.2, 0.25) is 11.9 Å². The third-order valence-electron chi connectivity index (χ3n) is 6.89. The van der Waals surface area contributed by atoms with Gasteiger partial charge >= 0.3 is 0 Å². The summed E-state index contributed by atoms with van der Waals surface area (Å²) in [4.78, 5) is 25.0. The number of para-hydroxylation sites is 1. The Labute approximate surface area is 198 Å².